The summed E-state index contributed by atoms with van der Waals surface area (Å²) in [6, 6.07) is 0. The number of hydrogen-bond donors (Lipinski definition) is 1. The second-order valence-corrected chi connectivity index (χ2v) is 3.56. The smallest absolute Gasteiger partial charge is 0.218 e. The second kappa shape index (κ2) is 16.3. The van der Waals surface area contributed by atoms with E-state index in [1.54, 1.807) is 21.1 Å². The molecule has 0 saturated heterocycles. The van der Waals surface area contributed by atoms with Crippen LogP contribution in [0.2, 0.25) is 0 Å². The van der Waals surface area contributed by atoms with E-state index in [-0.39, 0.29) is 19.2 Å². The third-order valence-corrected chi connectivity index (χ3v) is 0.982. The van der Waals surface area contributed by atoms with Crippen molar-refractivity contribution >= 4 is 11.8 Å². The fraction of sp³-hybridized carbons (Fsp3) is 0.818. The summed E-state index contributed by atoms with van der Waals surface area (Å²) in [5.74, 6) is 0.0972. The van der Waals surface area contributed by atoms with Crippen LogP contribution in [0, 0.1) is 0 Å². The summed E-state index contributed by atoms with van der Waals surface area (Å²) >= 11 is 0. The lowest BCUT2D eigenvalue weighted by Gasteiger charge is -2.02. The number of carbonyl (C=O) groups is 2. The van der Waals surface area contributed by atoms with Gasteiger partial charge < -0.3 is 15.1 Å². The predicted molar refractivity (Wildman–Crippen MR) is 70.5 cm³/mol. The van der Waals surface area contributed by atoms with E-state index in [1.807, 2.05) is 26.0 Å². The van der Waals surface area contributed by atoms with Crippen LogP contribution in [0.5, 0.6) is 0 Å². The molecule has 5 nitrogen and oxygen atoms in total. The van der Waals surface area contributed by atoms with Crippen molar-refractivity contribution < 1.29 is 9.59 Å². The highest BCUT2D eigenvalue weighted by Crippen LogP contribution is 1.69. The molecule has 0 aromatic carbocycles. The minimum absolute atomic E-state index is 0. The first kappa shape index (κ1) is 24.2. The molecular formula is C11H29N3O2. The van der Waals surface area contributed by atoms with Crippen molar-refractivity contribution in [1.29, 1.82) is 0 Å². The summed E-state index contributed by atoms with van der Waals surface area (Å²) in [4.78, 5) is 23.3. The Hall–Kier alpha value is -1.10. The first-order valence-electron chi connectivity index (χ1n) is 4.62. The Bertz CT molecular complexity index is 166. The van der Waals surface area contributed by atoms with Gasteiger partial charge in [-0.2, -0.15) is 0 Å². The van der Waals surface area contributed by atoms with E-state index >= 15 is 0 Å². The van der Waals surface area contributed by atoms with E-state index in [4.69, 9.17) is 0 Å². The summed E-state index contributed by atoms with van der Waals surface area (Å²) in [6.45, 7) is 3.00. The number of nitrogens with one attached hydrogen (secondary N) is 1. The summed E-state index contributed by atoms with van der Waals surface area (Å²) < 4.78 is 0. The average Bonchev–Trinajstić information content (AvgIpc) is 2.04. The van der Waals surface area contributed by atoms with Gasteiger partial charge in [-0.05, 0) is 21.1 Å². The number of amides is 2. The van der Waals surface area contributed by atoms with Gasteiger partial charge in [0.25, 0.3) is 0 Å². The molecule has 0 saturated carbocycles. The second-order valence-electron chi connectivity index (χ2n) is 3.56. The molecule has 0 aromatic heterocycles. The molecule has 0 aliphatic heterocycles. The van der Waals surface area contributed by atoms with Crippen LogP contribution >= 0.6 is 0 Å². The maximum atomic E-state index is 10.1. The molecule has 16 heavy (non-hydrogen) atoms. The van der Waals surface area contributed by atoms with Crippen molar-refractivity contribution in [1.82, 2.24) is 15.1 Å². The third-order valence-electron chi connectivity index (χ3n) is 0.982. The molecule has 0 atom stereocenters. The quantitative estimate of drug-likeness (QED) is 0.671. The first-order valence-corrected chi connectivity index (χ1v) is 4.62. The van der Waals surface area contributed by atoms with Gasteiger partial charge in [-0.25, -0.2) is 0 Å². The molecule has 0 radical (unpaired) electrons. The van der Waals surface area contributed by atoms with Crippen molar-refractivity contribution in [3.8, 4) is 0 Å². The van der Waals surface area contributed by atoms with Gasteiger partial charge in [0.1, 0.15) is 0 Å². The van der Waals surface area contributed by atoms with Gasteiger partial charge in [0, 0.05) is 35.0 Å². The normalized spacial score (nSPS) is 7.31. The fourth-order valence-corrected chi connectivity index (χ4v) is 0. The number of carbonyl (C=O) groups excluding carboxylic acids is 2. The SMILES string of the molecule is C.CC(=O)N(C)C.CN(C)C.CNC(C)=O. The molecule has 100 valence electrons. The molecule has 0 bridgehead atoms. The highest BCUT2D eigenvalue weighted by Gasteiger charge is 1.87. The Morgan fingerprint density at radius 3 is 1.06 bits per heavy atom. The lowest BCUT2D eigenvalue weighted by Crippen LogP contribution is -2.17. The summed E-state index contributed by atoms with van der Waals surface area (Å²) in [5, 5.41) is 2.39. The van der Waals surface area contributed by atoms with Crippen LogP contribution in [-0.4, -0.2) is 63.9 Å². The summed E-state index contributed by atoms with van der Waals surface area (Å²) in [7, 11) is 11.0. The van der Waals surface area contributed by atoms with Gasteiger partial charge in [0.2, 0.25) is 11.8 Å². The number of rotatable bonds is 0. The highest BCUT2D eigenvalue weighted by atomic mass is 16.2. The molecule has 0 unspecified atom stereocenters. The van der Waals surface area contributed by atoms with E-state index in [0.29, 0.717) is 0 Å². The standard InChI is InChI=1S/C4H9NO.C3H7NO.C3H9N.CH4/c1-4(6)5(2)3;1-3(5)4-2;1-4(2)3;/h1-3H3;1-2H3,(H,4,5);1-3H3;1H4. The minimum atomic E-state index is 0. The largest absolute Gasteiger partial charge is 0.359 e. The minimum Gasteiger partial charge on any atom is -0.359 e. The Balaban J connectivity index is -0.0000000668. The van der Waals surface area contributed by atoms with Crippen molar-refractivity contribution in [3.63, 3.8) is 0 Å². The molecular weight excluding hydrogens is 206 g/mol. The lowest BCUT2D eigenvalue weighted by molar-refractivity contribution is -0.126. The van der Waals surface area contributed by atoms with Crippen LogP contribution in [0.1, 0.15) is 21.3 Å². The molecule has 0 rings (SSSR count). The van der Waals surface area contributed by atoms with Gasteiger partial charge in [-0.3, -0.25) is 9.59 Å². The van der Waals surface area contributed by atoms with Crippen molar-refractivity contribution in [2.45, 2.75) is 21.3 Å². The van der Waals surface area contributed by atoms with E-state index in [0.717, 1.165) is 0 Å². The molecule has 0 aliphatic carbocycles. The van der Waals surface area contributed by atoms with E-state index in [1.165, 1.54) is 18.7 Å². The Labute approximate surface area is 101 Å². The van der Waals surface area contributed by atoms with Gasteiger partial charge in [-0.15, -0.1) is 0 Å². The van der Waals surface area contributed by atoms with Gasteiger partial charge in [-0.1, -0.05) is 7.43 Å². The molecule has 1 N–H and O–H groups in total. The van der Waals surface area contributed by atoms with Crippen LogP contribution in [0.15, 0.2) is 0 Å². The molecule has 0 fully saturated rings. The Morgan fingerprint density at radius 1 is 0.938 bits per heavy atom. The molecule has 0 aromatic rings. The van der Waals surface area contributed by atoms with Gasteiger partial charge >= 0.3 is 0 Å². The van der Waals surface area contributed by atoms with Gasteiger partial charge in [0.15, 0.2) is 0 Å². The number of hydrogen-bond acceptors (Lipinski definition) is 3. The van der Waals surface area contributed by atoms with E-state index in [2.05, 4.69) is 5.32 Å². The summed E-state index contributed by atoms with van der Waals surface area (Å²) in [5.41, 5.74) is 0. The van der Waals surface area contributed by atoms with Crippen molar-refractivity contribution in [3.05, 3.63) is 0 Å². The molecule has 2 amide bonds. The number of nitrogens with zero attached hydrogens (tertiary/aromatic N) is 2. The third kappa shape index (κ3) is 76.1. The molecule has 5 heteroatoms. The van der Waals surface area contributed by atoms with Crippen LogP contribution in [0.3, 0.4) is 0 Å². The molecule has 0 spiro atoms. The van der Waals surface area contributed by atoms with Crippen LogP contribution in [-0.2, 0) is 9.59 Å². The highest BCUT2D eigenvalue weighted by molar-refractivity contribution is 5.72. The van der Waals surface area contributed by atoms with Gasteiger partial charge in [0.05, 0.1) is 0 Å². The lowest BCUT2D eigenvalue weighted by atomic mass is 10.7. The predicted octanol–water partition coefficient (Wildman–Crippen LogP) is 0.661. The topological polar surface area (TPSA) is 52.7 Å². The van der Waals surface area contributed by atoms with Crippen LogP contribution < -0.4 is 5.32 Å². The zero-order chi connectivity index (χ0) is 13.0. The van der Waals surface area contributed by atoms with Crippen molar-refractivity contribution in [2.24, 2.45) is 0 Å². The maximum absolute atomic E-state index is 10.1. The van der Waals surface area contributed by atoms with E-state index < -0.39 is 0 Å². The van der Waals surface area contributed by atoms with Crippen LogP contribution in [0.25, 0.3) is 0 Å². The van der Waals surface area contributed by atoms with Crippen LogP contribution in [0.4, 0.5) is 0 Å². The monoisotopic (exact) mass is 235 g/mol. The first-order chi connectivity index (χ1) is 6.64. The zero-order valence-electron chi connectivity index (χ0n) is 11.2. The summed E-state index contributed by atoms with van der Waals surface area (Å²) in [6.07, 6.45) is 0. The Kier molecular flexibility index (Phi) is 24.7. The fourth-order valence-electron chi connectivity index (χ4n) is 0. The van der Waals surface area contributed by atoms with E-state index in [9.17, 15) is 9.59 Å². The zero-order valence-corrected chi connectivity index (χ0v) is 11.2. The molecule has 0 heterocycles. The van der Waals surface area contributed by atoms with Crippen molar-refractivity contribution in [2.75, 3.05) is 42.3 Å². The maximum Gasteiger partial charge on any atom is 0.218 e. The molecule has 0 aliphatic rings. The Morgan fingerprint density at radius 2 is 1.06 bits per heavy atom. The average molecular weight is 235 g/mol.